The van der Waals surface area contributed by atoms with Crippen molar-refractivity contribution in [2.45, 2.75) is 12.3 Å². The van der Waals surface area contributed by atoms with E-state index in [-0.39, 0.29) is 13.2 Å². The largest absolute Gasteiger partial charge is 0.416 e. The van der Waals surface area contributed by atoms with Crippen LogP contribution in [0, 0.1) is 0 Å². The van der Waals surface area contributed by atoms with Crippen LogP contribution in [-0.2, 0) is 4.74 Å². The van der Waals surface area contributed by atoms with Gasteiger partial charge in [-0.25, -0.2) is 0 Å². The highest BCUT2D eigenvalue weighted by Gasteiger charge is 2.43. The summed E-state index contributed by atoms with van der Waals surface area (Å²) in [6.07, 6.45) is -4.44. The molecular weight excluding hydrogens is 269 g/mol. The molecule has 0 aliphatic carbocycles. The van der Waals surface area contributed by atoms with Crippen molar-refractivity contribution in [1.29, 1.82) is 0 Å². The van der Waals surface area contributed by atoms with Gasteiger partial charge in [0.1, 0.15) is 0 Å². The molecule has 3 rings (SSSR count). The number of pyridine rings is 1. The predicted molar refractivity (Wildman–Crippen MR) is 69.8 cm³/mol. The highest BCUT2D eigenvalue weighted by atomic mass is 19.4. The monoisotopic (exact) mass is 282 g/mol. The number of fused-ring (bicyclic) bond motifs is 1. The molecule has 20 heavy (non-hydrogen) atoms. The van der Waals surface area contributed by atoms with E-state index < -0.39 is 12.3 Å². The van der Waals surface area contributed by atoms with Crippen LogP contribution < -0.4 is 4.90 Å². The molecule has 0 spiro atoms. The zero-order chi connectivity index (χ0) is 14.2. The summed E-state index contributed by atoms with van der Waals surface area (Å²) >= 11 is 0. The molecule has 0 unspecified atom stereocenters. The van der Waals surface area contributed by atoms with E-state index in [9.17, 15) is 13.2 Å². The first-order valence-electron chi connectivity index (χ1n) is 6.33. The third kappa shape index (κ3) is 2.43. The second-order valence-corrected chi connectivity index (χ2v) is 4.69. The van der Waals surface area contributed by atoms with Gasteiger partial charge in [0, 0.05) is 23.8 Å². The average Bonchev–Trinajstić information content (AvgIpc) is 2.46. The Kier molecular flexibility index (Phi) is 3.25. The smallest absolute Gasteiger partial charge is 0.366 e. The van der Waals surface area contributed by atoms with Crippen molar-refractivity contribution in [3.8, 4) is 0 Å². The van der Waals surface area contributed by atoms with Crippen LogP contribution in [0.3, 0.4) is 0 Å². The minimum Gasteiger partial charge on any atom is -0.366 e. The van der Waals surface area contributed by atoms with E-state index in [4.69, 9.17) is 4.74 Å². The van der Waals surface area contributed by atoms with E-state index in [1.54, 1.807) is 17.2 Å². The van der Waals surface area contributed by atoms with E-state index in [1.165, 1.54) is 0 Å². The van der Waals surface area contributed by atoms with Gasteiger partial charge in [-0.3, -0.25) is 4.98 Å². The molecule has 2 aromatic rings. The van der Waals surface area contributed by atoms with Crippen molar-refractivity contribution < 1.29 is 17.9 Å². The van der Waals surface area contributed by atoms with Gasteiger partial charge in [0.15, 0.2) is 6.10 Å². The lowest BCUT2D eigenvalue weighted by Crippen LogP contribution is -2.49. The second kappa shape index (κ2) is 4.94. The van der Waals surface area contributed by atoms with Crippen LogP contribution in [0.25, 0.3) is 10.9 Å². The summed E-state index contributed by atoms with van der Waals surface area (Å²) in [6.45, 7) is 0.332. The average molecular weight is 282 g/mol. The third-order valence-electron chi connectivity index (χ3n) is 3.40. The van der Waals surface area contributed by atoms with Crippen LogP contribution in [0.5, 0.6) is 0 Å². The minimum absolute atomic E-state index is 0.0703. The maximum Gasteiger partial charge on any atom is 0.416 e. The Morgan fingerprint density at radius 2 is 2.00 bits per heavy atom. The van der Waals surface area contributed by atoms with Gasteiger partial charge >= 0.3 is 6.18 Å². The molecule has 1 saturated heterocycles. The van der Waals surface area contributed by atoms with Crippen molar-refractivity contribution >= 4 is 16.6 Å². The fraction of sp³-hybridized carbons (Fsp3) is 0.357. The number of alkyl halides is 3. The number of hydrogen-bond donors (Lipinski definition) is 0. The van der Waals surface area contributed by atoms with Crippen LogP contribution in [0.15, 0.2) is 36.5 Å². The molecule has 0 saturated carbocycles. The number of rotatable bonds is 1. The Morgan fingerprint density at radius 1 is 1.20 bits per heavy atom. The molecular formula is C14H13F3N2O. The lowest BCUT2D eigenvalue weighted by molar-refractivity contribution is -0.221. The number of halogens is 3. The zero-order valence-corrected chi connectivity index (χ0v) is 10.6. The number of nitrogens with zero attached hydrogens (tertiary/aromatic N) is 2. The number of aromatic nitrogens is 1. The van der Waals surface area contributed by atoms with Crippen molar-refractivity contribution in [1.82, 2.24) is 4.98 Å². The summed E-state index contributed by atoms with van der Waals surface area (Å²) in [5.41, 5.74) is 1.55. The molecule has 0 N–H and O–H groups in total. The summed E-state index contributed by atoms with van der Waals surface area (Å²) in [5.74, 6) is 0. The molecule has 106 valence electrons. The fourth-order valence-electron chi connectivity index (χ4n) is 2.42. The summed E-state index contributed by atoms with van der Waals surface area (Å²) < 4.78 is 43.2. The zero-order valence-electron chi connectivity index (χ0n) is 10.6. The fourth-order valence-corrected chi connectivity index (χ4v) is 2.42. The first kappa shape index (κ1) is 13.2. The Bertz CT molecular complexity index is 609. The molecule has 6 heteroatoms. The van der Waals surface area contributed by atoms with Gasteiger partial charge in [-0.2, -0.15) is 13.2 Å². The molecule has 1 aromatic carbocycles. The molecule has 1 aliphatic heterocycles. The number of hydrogen-bond acceptors (Lipinski definition) is 3. The molecule has 1 aliphatic rings. The molecule has 1 fully saturated rings. The second-order valence-electron chi connectivity index (χ2n) is 4.69. The third-order valence-corrected chi connectivity index (χ3v) is 3.40. The lowest BCUT2D eigenvalue weighted by atomic mass is 10.1. The topological polar surface area (TPSA) is 25.4 Å². The van der Waals surface area contributed by atoms with Crippen LogP contribution in [0.2, 0.25) is 0 Å². The minimum atomic E-state index is -4.33. The molecule has 0 radical (unpaired) electrons. The summed E-state index contributed by atoms with van der Waals surface area (Å²) in [5, 5.41) is 0.859. The van der Waals surface area contributed by atoms with Crippen LogP contribution in [0.1, 0.15) is 0 Å². The normalized spacial score (nSPS) is 20.4. The Morgan fingerprint density at radius 3 is 2.80 bits per heavy atom. The van der Waals surface area contributed by atoms with Crippen molar-refractivity contribution in [3.63, 3.8) is 0 Å². The highest BCUT2D eigenvalue weighted by Crippen LogP contribution is 2.31. The lowest BCUT2D eigenvalue weighted by Gasteiger charge is -2.35. The van der Waals surface area contributed by atoms with E-state index in [0.29, 0.717) is 6.54 Å². The molecule has 0 bridgehead atoms. The van der Waals surface area contributed by atoms with E-state index in [0.717, 1.165) is 16.6 Å². The SMILES string of the molecule is FC(F)(F)[C@H]1CN(c2ccnc3ccccc23)CCO1. The molecule has 1 aromatic heterocycles. The Hall–Kier alpha value is -1.82. The van der Waals surface area contributed by atoms with Gasteiger partial charge in [0.2, 0.25) is 0 Å². The number of para-hydroxylation sites is 1. The van der Waals surface area contributed by atoms with Gasteiger partial charge < -0.3 is 9.64 Å². The van der Waals surface area contributed by atoms with Crippen molar-refractivity contribution in [3.05, 3.63) is 36.5 Å². The Balaban J connectivity index is 1.95. The maximum atomic E-state index is 12.8. The standard InChI is InChI=1S/C14H13F3N2O/c15-14(16,17)13-9-19(7-8-20-13)12-5-6-18-11-4-2-1-3-10(11)12/h1-6,13H,7-9H2/t13-/m1/s1. The van der Waals surface area contributed by atoms with Gasteiger partial charge in [-0.1, -0.05) is 18.2 Å². The van der Waals surface area contributed by atoms with Crippen LogP contribution in [0.4, 0.5) is 18.9 Å². The van der Waals surface area contributed by atoms with Gasteiger partial charge in [0.25, 0.3) is 0 Å². The molecule has 3 nitrogen and oxygen atoms in total. The van der Waals surface area contributed by atoms with E-state index in [1.807, 2.05) is 24.3 Å². The Labute approximate surface area is 114 Å². The van der Waals surface area contributed by atoms with Gasteiger partial charge in [-0.05, 0) is 12.1 Å². The molecule has 1 atom stereocenters. The number of benzene rings is 1. The first-order chi connectivity index (χ1) is 9.55. The van der Waals surface area contributed by atoms with Crippen molar-refractivity contribution in [2.75, 3.05) is 24.6 Å². The first-order valence-corrected chi connectivity index (χ1v) is 6.33. The summed E-state index contributed by atoms with van der Waals surface area (Å²) in [7, 11) is 0. The summed E-state index contributed by atoms with van der Waals surface area (Å²) in [4.78, 5) is 5.94. The van der Waals surface area contributed by atoms with Crippen molar-refractivity contribution in [2.24, 2.45) is 0 Å². The number of anilines is 1. The van der Waals surface area contributed by atoms with E-state index >= 15 is 0 Å². The predicted octanol–water partition coefficient (Wildman–Crippen LogP) is 3.00. The molecule has 2 heterocycles. The van der Waals surface area contributed by atoms with Crippen LogP contribution in [-0.4, -0.2) is 37.0 Å². The van der Waals surface area contributed by atoms with Gasteiger partial charge in [-0.15, -0.1) is 0 Å². The number of ether oxygens (including phenoxy) is 1. The maximum absolute atomic E-state index is 12.8. The van der Waals surface area contributed by atoms with Gasteiger partial charge in [0.05, 0.1) is 18.7 Å². The van der Waals surface area contributed by atoms with E-state index in [2.05, 4.69) is 4.98 Å². The quantitative estimate of drug-likeness (QED) is 0.804. The number of morpholine rings is 1. The van der Waals surface area contributed by atoms with Crippen LogP contribution >= 0.6 is 0 Å². The highest BCUT2D eigenvalue weighted by molar-refractivity contribution is 5.91. The summed E-state index contributed by atoms with van der Waals surface area (Å²) in [6, 6.07) is 9.18. The molecule has 0 amide bonds.